The predicted octanol–water partition coefficient (Wildman–Crippen LogP) is 4.48. The quantitative estimate of drug-likeness (QED) is 0.418. The highest BCUT2D eigenvalue weighted by molar-refractivity contribution is 7.98. The van der Waals surface area contributed by atoms with Crippen LogP contribution >= 0.6 is 11.8 Å². The second-order valence-corrected chi connectivity index (χ2v) is 7.24. The maximum atomic E-state index is 12.8. The first-order valence-electron chi connectivity index (χ1n) is 8.87. The van der Waals surface area contributed by atoms with Crippen LogP contribution in [-0.2, 0) is 21.5 Å². The molecule has 1 N–H and O–H groups in total. The van der Waals surface area contributed by atoms with E-state index in [0.717, 1.165) is 12.1 Å². The maximum absolute atomic E-state index is 12.8. The summed E-state index contributed by atoms with van der Waals surface area (Å²) in [6.45, 7) is 1.03. The van der Waals surface area contributed by atoms with Crippen molar-refractivity contribution in [2.45, 2.75) is 23.7 Å². The van der Waals surface area contributed by atoms with Gasteiger partial charge >= 0.3 is 12.1 Å². The Kier molecular flexibility index (Phi) is 6.95. The molecule has 1 aromatic heterocycles. The summed E-state index contributed by atoms with van der Waals surface area (Å²) in [5.41, 5.74) is -0.720. The third kappa shape index (κ3) is 6.32. The summed E-state index contributed by atoms with van der Waals surface area (Å²) in [5.74, 6) is -0.286. The Labute approximate surface area is 179 Å². The summed E-state index contributed by atoms with van der Waals surface area (Å²) in [7, 11) is 0. The molecule has 0 saturated carbocycles. The molecule has 0 aliphatic heterocycles. The maximum Gasteiger partial charge on any atom is 0.416 e. The van der Waals surface area contributed by atoms with Crippen molar-refractivity contribution in [3.63, 3.8) is 0 Å². The van der Waals surface area contributed by atoms with Crippen LogP contribution in [0.1, 0.15) is 27.6 Å². The van der Waals surface area contributed by atoms with E-state index < -0.39 is 30.2 Å². The van der Waals surface area contributed by atoms with Crippen molar-refractivity contribution in [2.24, 2.45) is 0 Å². The standard InChI is InChI=1S/C20H16F3N3O4S/c1-12-24-18(30-26-12)11-31-16-8-3-2-7-15(16)19(28)29-10-17(27)25-14-6-4-5-13(9-14)20(21,22)23/h2-9H,10-11H2,1H3,(H,25,27). The number of ether oxygens (including phenoxy) is 1. The molecule has 31 heavy (non-hydrogen) atoms. The van der Waals surface area contributed by atoms with E-state index in [1.165, 1.54) is 30.0 Å². The number of hydrogen-bond donors (Lipinski definition) is 1. The molecule has 0 spiro atoms. The van der Waals surface area contributed by atoms with E-state index in [1.54, 1.807) is 25.1 Å². The van der Waals surface area contributed by atoms with Crippen LogP contribution in [0, 0.1) is 6.92 Å². The van der Waals surface area contributed by atoms with Gasteiger partial charge in [-0.3, -0.25) is 4.79 Å². The van der Waals surface area contributed by atoms with Crippen LogP contribution in [-0.4, -0.2) is 28.6 Å². The van der Waals surface area contributed by atoms with Crippen molar-refractivity contribution >= 4 is 29.3 Å². The molecular weight excluding hydrogens is 435 g/mol. The van der Waals surface area contributed by atoms with E-state index in [4.69, 9.17) is 9.26 Å². The number of halogens is 3. The molecule has 2 aromatic carbocycles. The zero-order valence-electron chi connectivity index (χ0n) is 16.1. The van der Waals surface area contributed by atoms with Crippen molar-refractivity contribution in [2.75, 3.05) is 11.9 Å². The topological polar surface area (TPSA) is 94.3 Å². The van der Waals surface area contributed by atoms with E-state index in [9.17, 15) is 22.8 Å². The second-order valence-electron chi connectivity index (χ2n) is 6.22. The number of rotatable bonds is 7. The number of alkyl halides is 3. The second kappa shape index (κ2) is 9.65. The minimum absolute atomic E-state index is 0.0540. The van der Waals surface area contributed by atoms with Gasteiger partial charge in [-0.2, -0.15) is 18.2 Å². The third-order valence-electron chi connectivity index (χ3n) is 3.84. The average Bonchev–Trinajstić information content (AvgIpc) is 3.15. The Morgan fingerprint density at radius 3 is 2.65 bits per heavy atom. The monoisotopic (exact) mass is 451 g/mol. The molecule has 0 aliphatic rings. The Morgan fingerprint density at radius 1 is 1.16 bits per heavy atom. The molecule has 11 heteroatoms. The molecule has 7 nitrogen and oxygen atoms in total. The normalized spacial score (nSPS) is 11.2. The van der Waals surface area contributed by atoms with Crippen LogP contribution in [0.15, 0.2) is 57.9 Å². The third-order valence-corrected chi connectivity index (χ3v) is 4.89. The number of aromatic nitrogens is 2. The smallest absolute Gasteiger partial charge is 0.416 e. The molecule has 0 radical (unpaired) electrons. The van der Waals surface area contributed by atoms with Crippen LogP contribution in [0.25, 0.3) is 0 Å². The van der Waals surface area contributed by atoms with E-state index in [2.05, 4.69) is 15.5 Å². The van der Waals surface area contributed by atoms with Gasteiger partial charge in [0.05, 0.1) is 16.9 Å². The largest absolute Gasteiger partial charge is 0.452 e. The lowest BCUT2D eigenvalue weighted by Crippen LogP contribution is -2.21. The van der Waals surface area contributed by atoms with E-state index in [1.807, 2.05) is 0 Å². The highest BCUT2D eigenvalue weighted by Crippen LogP contribution is 2.30. The molecule has 1 amide bonds. The number of benzene rings is 2. The van der Waals surface area contributed by atoms with Gasteiger partial charge in [0.15, 0.2) is 12.4 Å². The van der Waals surface area contributed by atoms with Crippen LogP contribution in [0.3, 0.4) is 0 Å². The number of hydrogen-bond acceptors (Lipinski definition) is 7. The summed E-state index contributed by atoms with van der Waals surface area (Å²) in [4.78, 5) is 29.1. The lowest BCUT2D eigenvalue weighted by Gasteiger charge is -2.11. The van der Waals surface area contributed by atoms with Crippen LogP contribution in [0.5, 0.6) is 0 Å². The van der Waals surface area contributed by atoms with Gasteiger partial charge in [0, 0.05) is 10.6 Å². The molecule has 1 heterocycles. The molecule has 0 unspecified atom stereocenters. The van der Waals surface area contributed by atoms with Crippen LogP contribution in [0.2, 0.25) is 0 Å². The summed E-state index contributed by atoms with van der Waals surface area (Å²) in [5, 5.41) is 5.97. The molecule has 162 valence electrons. The first-order chi connectivity index (χ1) is 14.7. The molecule has 3 aromatic rings. The molecule has 0 bridgehead atoms. The van der Waals surface area contributed by atoms with Crippen molar-refractivity contribution in [3.05, 3.63) is 71.4 Å². The zero-order valence-corrected chi connectivity index (χ0v) is 16.9. The van der Waals surface area contributed by atoms with E-state index in [-0.39, 0.29) is 11.3 Å². The van der Waals surface area contributed by atoms with Crippen molar-refractivity contribution in [3.8, 4) is 0 Å². The Bertz CT molecular complexity index is 1090. The number of carbonyl (C=O) groups excluding carboxylic acids is 2. The van der Waals surface area contributed by atoms with Gasteiger partial charge in [-0.15, -0.1) is 11.8 Å². The lowest BCUT2D eigenvalue weighted by molar-refractivity contribution is -0.137. The van der Waals surface area contributed by atoms with Crippen molar-refractivity contribution in [1.29, 1.82) is 0 Å². The minimum atomic E-state index is -4.53. The number of amides is 1. The lowest BCUT2D eigenvalue weighted by atomic mass is 10.2. The fraction of sp³-hybridized carbons (Fsp3) is 0.200. The number of carbonyl (C=O) groups is 2. The molecule has 0 atom stereocenters. The minimum Gasteiger partial charge on any atom is -0.452 e. The number of aryl methyl sites for hydroxylation is 1. The van der Waals surface area contributed by atoms with Crippen LogP contribution in [0.4, 0.5) is 18.9 Å². The van der Waals surface area contributed by atoms with Crippen molar-refractivity contribution < 1.29 is 32.0 Å². The van der Waals surface area contributed by atoms with E-state index >= 15 is 0 Å². The highest BCUT2D eigenvalue weighted by atomic mass is 32.2. The molecule has 0 fully saturated rings. The Hall–Kier alpha value is -3.34. The predicted molar refractivity (Wildman–Crippen MR) is 105 cm³/mol. The molecule has 3 rings (SSSR count). The first-order valence-corrected chi connectivity index (χ1v) is 9.86. The van der Waals surface area contributed by atoms with Crippen LogP contribution < -0.4 is 5.32 Å². The SMILES string of the molecule is Cc1noc(CSc2ccccc2C(=O)OCC(=O)Nc2cccc(C(F)(F)F)c2)n1. The number of nitrogens with one attached hydrogen (secondary N) is 1. The average molecular weight is 451 g/mol. The van der Waals surface area contributed by atoms with E-state index in [0.29, 0.717) is 22.4 Å². The fourth-order valence-corrected chi connectivity index (χ4v) is 3.36. The zero-order chi connectivity index (χ0) is 22.4. The molecule has 0 saturated heterocycles. The van der Waals surface area contributed by atoms with Gasteiger partial charge in [0.25, 0.3) is 5.91 Å². The fourth-order valence-electron chi connectivity index (χ4n) is 2.48. The number of esters is 1. The first kappa shape index (κ1) is 22.3. The van der Waals surface area contributed by atoms with Gasteiger partial charge < -0.3 is 14.6 Å². The Balaban J connectivity index is 1.57. The Morgan fingerprint density at radius 2 is 1.94 bits per heavy atom. The van der Waals surface area contributed by atoms with Gasteiger partial charge in [-0.25, -0.2) is 4.79 Å². The summed E-state index contributed by atoms with van der Waals surface area (Å²) < 4.78 is 48.3. The number of thioether (sulfide) groups is 1. The summed E-state index contributed by atoms with van der Waals surface area (Å²) >= 11 is 1.28. The highest BCUT2D eigenvalue weighted by Gasteiger charge is 2.30. The van der Waals surface area contributed by atoms with Gasteiger partial charge in [-0.1, -0.05) is 23.4 Å². The van der Waals surface area contributed by atoms with Gasteiger partial charge in [-0.05, 0) is 37.3 Å². The summed E-state index contributed by atoms with van der Waals surface area (Å²) in [6.07, 6.45) is -4.53. The van der Waals surface area contributed by atoms with Crippen molar-refractivity contribution in [1.82, 2.24) is 10.1 Å². The number of nitrogens with zero attached hydrogens (tertiary/aromatic N) is 2. The summed E-state index contributed by atoms with van der Waals surface area (Å²) in [6, 6.07) is 10.8. The molecule has 0 aliphatic carbocycles. The number of anilines is 1. The van der Waals surface area contributed by atoms with Gasteiger partial charge in [0.1, 0.15) is 0 Å². The molecular formula is C20H16F3N3O4S. The van der Waals surface area contributed by atoms with Gasteiger partial charge in [0.2, 0.25) is 5.89 Å².